The van der Waals surface area contributed by atoms with E-state index in [2.05, 4.69) is 99.3 Å². The lowest BCUT2D eigenvalue weighted by Crippen LogP contribution is -2.55. The van der Waals surface area contributed by atoms with E-state index in [1.54, 1.807) is 7.05 Å². The van der Waals surface area contributed by atoms with Crippen molar-refractivity contribution in [1.29, 1.82) is 0 Å². The molecule has 1 N–H and O–H groups in total. The molecular formula is C35H47N5O2. The second kappa shape index (κ2) is 12.5. The van der Waals surface area contributed by atoms with E-state index in [0.29, 0.717) is 5.92 Å². The standard InChI is InChI=1S/C35H47N5O2/c1-26-12-14-31(15-13-26)40-23-28(24-40)22-38-19-16-30(17-20-38)35(29-8-5-4-6-9-29,25-39-21-18-37-27(39)2)32-10-7-11-33(32)42-34(41)36-3/h4-6,8-9,12-15,18,21,28,30,32-33H,7,10-11,16-17,19-20,22-25H2,1-3H3,(H,36,41)/t32-,33-,35?/m0/s1. The highest BCUT2D eigenvalue weighted by Gasteiger charge is 2.53. The van der Waals surface area contributed by atoms with Gasteiger partial charge in [-0.05, 0) is 82.7 Å². The van der Waals surface area contributed by atoms with Crippen LogP contribution in [0.1, 0.15) is 49.1 Å². The summed E-state index contributed by atoms with van der Waals surface area (Å²) in [7, 11) is 1.66. The number of carbonyl (C=O) groups is 1. The van der Waals surface area contributed by atoms with Crippen molar-refractivity contribution in [3.8, 4) is 0 Å². The zero-order chi connectivity index (χ0) is 29.1. The predicted molar refractivity (Wildman–Crippen MR) is 168 cm³/mol. The Labute approximate surface area is 251 Å². The van der Waals surface area contributed by atoms with Crippen LogP contribution in [0.4, 0.5) is 10.5 Å². The van der Waals surface area contributed by atoms with E-state index in [1.807, 2.05) is 6.20 Å². The molecule has 2 aromatic carbocycles. The monoisotopic (exact) mass is 569 g/mol. The Morgan fingerprint density at radius 3 is 2.40 bits per heavy atom. The van der Waals surface area contributed by atoms with Gasteiger partial charge in [-0.3, -0.25) is 0 Å². The number of hydrogen-bond donors (Lipinski definition) is 1. The third-order valence-electron chi connectivity index (χ3n) is 10.4. The highest BCUT2D eigenvalue weighted by Crippen LogP contribution is 2.52. The molecule has 3 heterocycles. The van der Waals surface area contributed by atoms with Gasteiger partial charge in [0.05, 0.1) is 0 Å². The molecule has 3 aromatic rings. The molecule has 7 heteroatoms. The summed E-state index contributed by atoms with van der Waals surface area (Å²) in [6.45, 7) is 10.8. The molecule has 7 nitrogen and oxygen atoms in total. The van der Waals surface area contributed by atoms with Crippen molar-refractivity contribution in [2.24, 2.45) is 17.8 Å². The third kappa shape index (κ3) is 5.81. The molecule has 3 atom stereocenters. The molecule has 1 amide bonds. The number of carbonyl (C=O) groups excluding carboxylic acids is 1. The Bertz CT molecular complexity index is 1310. The number of piperidine rings is 1. The van der Waals surface area contributed by atoms with Gasteiger partial charge in [0.25, 0.3) is 0 Å². The lowest BCUT2D eigenvalue weighted by atomic mass is 9.58. The number of amides is 1. The molecule has 3 fully saturated rings. The van der Waals surface area contributed by atoms with E-state index < -0.39 is 0 Å². The number of anilines is 1. The predicted octanol–water partition coefficient (Wildman–Crippen LogP) is 5.81. The number of rotatable bonds is 9. The van der Waals surface area contributed by atoms with Crippen LogP contribution >= 0.6 is 0 Å². The SMILES string of the molecule is CNC(=O)O[C@H]1CCC[C@@H]1C(Cn1ccnc1C)(c1ccccc1)C1CCN(CC2CN(c3ccc(C)cc3)C2)CC1. The number of benzene rings is 2. The fourth-order valence-corrected chi connectivity index (χ4v) is 8.19. The molecule has 2 saturated heterocycles. The van der Waals surface area contributed by atoms with Gasteiger partial charge in [-0.2, -0.15) is 0 Å². The van der Waals surface area contributed by atoms with Gasteiger partial charge in [0, 0.05) is 68.6 Å². The number of aryl methyl sites for hydroxylation is 2. The summed E-state index contributed by atoms with van der Waals surface area (Å²) in [6, 6.07) is 20.1. The van der Waals surface area contributed by atoms with Crippen molar-refractivity contribution in [3.05, 3.63) is 83.9 Å². The van der Waals surface area contributed by atoms with Gasteiger partial charge in [-0.25, -0.2) is 9.78 Å². The van der Waals surface area contributed by atoms with Crippen molar-refractivity contribution >= 4 is 11.8 Å². The van der Waals surface area contributed by atoms with Crippen LogP contribution in [0.25, 0.3) is 0 Å². The number of hydrogen-bond acceptors (Lipinski definition) is 5. The Morgan fingerprint density at radius 1 is 1.00 bits per heavy atom. The zero-order valence-electron chi connectivity index (χ0n) is 25.5. The number of imidazole rings is 1. The Balaban J connectivity index is 1.22. The molecule has 1 saturated carbocycles. The fourth-order valence-electron chi connectivity index (χ4n) is 8.19. The minimum absolute atomic E-state index is 0.0882. The maximum Gasteiger partial charge on any atom is 0.407 e. The highest BCUT2D eigenvalue weighted by molar-refractivity contribution is 5.67. The quantitative estimate of drug-likeness (QED) is 0.352. The van der Waals surface area contributed by atoms with Crippen LogP contribution in [-0.4, -0.2) is 66.4 Å². The van der Waals surface area contributed by atoms with Crippen LogP contribution < -0.4 is 10.2 Å². The molecule has 6 rings (SSSR count). The number of alkyl carbamates (subject to hydrolysis) is 1. The summed E-state index contributed by atoms with van der Waals surface area (Å²) >= 11 is 0. The normalized spacial score (nSPS) is 23.4. The van der Waals surface area contributed by atoms with E-state index in [-0.39, 0.29) is 23.5 Å². The summed E-state index contributed by atoms with van der Waals surface area (Å²) in [4.78, 5) is 22.3. The smallest absolute Gasteiger partial charge is 0.407 e. The maximum absolute atomic E-state index is 12.5. The Morgan fingerprint density at radius 2 is 1.74 bits per heavy atom. The first-order valence-electron chi connectivity index (χ1n) is 15.9. The first kappa shape index (κ1) is 28.8. The molecule has 3 aliphatic rings. The molecule has 0 radical (unpaired) electrons. The average molecular weight is 570 g/mol. The van der Waals surface area contributed by atoms with Gasteiger partial charge >= 0.3 is 6.09 Å². The van der Waals surface area contributed by atoms with Gasteiger partial charge in [0.15, 0.2) is 0 Å². The number of ether oxygens (including phenoxy) is 1. The van der Waals surface area contributed by atoms with E-state index in [1.165, 1.54) is 23.4 Å². The lowest BCUT2D eigenvalue weighted by Gasteiger charge is -2.51. The van der Waals surface area contributed by atoms with Gasteiger partial charge in [0.1, 0.15) is 11.9 Å². The minimum Gasteiger partial charge on any atom is -0.446 e. The molecular weight excluding hydrogens is 522 g/mol. The van der Waals surface area contributed by atoms with Gasteiger partial charge < -0.3 is 24.4 Å². The number of nitrogens with zero attached hydrogens (tertiary/aromatic N) is 4. The van der Waals surface area contributed by atoms with Crippen LogP contribution in [0.5, 0.6) is 0 Å². The molecule has 42 heavy (non-hydrogen) atoms. The summed E-state index contributed by atoms with van der Waals surface area (Å²) in [5.74, 6) is 2.51. The Kier molecular flexibility index (Phi) is 8.57. The zero-order valence-corrected chi connectivity index (χ0v) is 25.5. The van der Waals surface area contributed by atoms with Crippen LogP contribution in [0.15, 0.2) is 67.0 Å². The van der Waals surface area contributed by atoms with Crippen molar-refractivity contribution in [2.45, 2.75) is 64.0 Å². The molecule has 0 bridgehead atoms. The Hall–Kier alpha value is -3.32. The second-order valence-electron chi connectivity index (χ2n) is 12.9. The number of aromatic nitrogens is 2. The average Bonchev–Trinajstić information content (AvgIpc) is 3.63. The molecule has 1 unspecified atom stereocenters. The van der Waals surface area contributed by atoms with Crippen molar-refractivity contribution in [2.75, 3.05) is 44.7 Å². The van der Waals surface area contributed by atoms with Crippen LogP contribution in [0.2, 0.25) is 0 Å². The summed E-state index contributed by atoms with van der Waals surface area (Å²) in [5.41, 5.74) is 3.90. The van der Waals surface area contributed by atoms with E-state index in [9.17, 15) is 4.79 Å². The molecule has 224 valence electrons. The minimum atomic E-state index is -0.317. The van der Waals surface area contributed by atoms with E-state index in [4.69, 9.17) is 4.74 Å². The number of likely N-dealkylation sites (tertiary alicyclic amines) is 1. The molecule has 1 aromatic heterocycles. The summed E-state index contributed by atoms with van der Waals surface area (Å²) in [5, 5.41) is 2.70. The van der Waals surface area contributed by atoms with Crippen LogP contribution in [0, 0.1) is 31.6 Å². The van der Waals surface area contributed by atoms with Gasteiger partial charge in [-0.1, -0.05) is 48.0 Å². The van der Waals surface area contributed by atoms with Crippen molar-refractivity contribution < 1.29 is 9.53 Å². The van der Waals surface area contributed by atoms with E-state index >= 15 is 0 Å². The van der Waals surface area contributed by atoms with E-state index in [0.717, 1.165) is 76.6 Å². The highest BCUT2D eigenvalue weighted by atomic mass is 16.6. The van der Waals surface area contributed by atoms with Crippen LogP contribution in [-0.2, 0) is 16.7 Å². The third-order valence-corrected chi connectivity index (χ3v) is 10.4. The second-order valence-corrected chi connectivity index (χ2v) is 12.9. The molecule has 1 aliphatic carbocycles. The topological polar surface area (TPSA) is 62.6 Å². The molecule has 2 aliphatic heterocycles. The first-order valence-corrected chi connectivity index (χ1v) is 15.9. The fraction of sp³-hybridized carbons (Fsp3) is 0.543. The van der Waals surface area contributed by atoms with Gasteiger partial charge in [-0.15, -0.1) is 0 Å². The summed E-state index contributed by atoms with van der Waals surface area (Å²) in [6.07, 6.45) is 9.02. The van der Waals surface area contributed by atoms with Gasteiger partial charge in [0.2, 0.25) is 0 Å². The van der Waals surface area contributed by atoms with Crippen molar-refractivity contribution in [3.63, 3.8) is 0 Å². The largest absolute Gasteiger partial charge is 0.446 e. The first-order chi connectivity index (χ1) is 20.5. The summed E-state index contributed by atoms with van der Waals surface area (Å²) < 4.78 is 8.44. The molecule has 0 spiro atoms. The number of nitrogens with one attached hydrogen (secondary N) is 1. The lowest BCUT2D eigenvalue weighted by molar-refractivity contribution is 0.00180. The maximum atomic E-state index is 12.5. The van der Waals surface area contributed by atoms with Crippen molar-refractivity contribution in [1.82, 2.24) is 19.8 Å². The van der Waals surface area contributed by atoms with Crippen LogP contribution in [0.3, 0.4) is 0 Å².